The first-order valence-corrected chi connectivity index (χ1v) is 6.81. The van der Waals surface area contributed by atoms with Crippen molar-refractivity contribution in [3.05, 3.63) is 48.3 Å². The largest absolute Gasteiger partial charge is 0.356 e. The zero-order valence-electron chi connectivity index (χ0n) is 11.7. The number of hydrogen-bond donors (Lipinski definition) is 2. The molecule has 0 radical (unpaired) electrons. The Labute approximate surface area is 119 Å². The fourth-order valence-corrected chi connectivity index (χ4v) is 1.88. The minimum atomic E-state index is 0.0712. The van der Waals surface area contributed by atoms with E-state index in [2.05, 4.69) is 15.7 Å². The fraction of sp³-hybridized carbons (Fsp3) is 0.333. The molecule has 2 aromatic rings. The maximum absolute atomic E-state index is 11.4. The van der Waals surface area contributed by atoms with Gasteiger partial charge < -0.3 is 10.6 Å². The van der Waals surface area contributed by atoms with Gasteiger partial charge in [0, 0.05) is 32.1 Å². The second-order valence-electron chi connectivity index (χ2n) is 4.54. The Kier molecular flexibility index (Phi) is 5.32. The lowest BCUT2D eigenvalue weighted by molar-refractivity contribution is -0.120. The molecule has 0 aliphatic carbocycles. The van der Waals surface area contributed by atoms with Crippen LogP contribution in [-0.2, 0) is 11.2 Å². The van der Waals surface area contributed by atoms with Gasteiger partial charge in [-0.15, -0.1) is 0 Å². The Bertz CT molecular complexity index is 536. The van der Waals surface area contributed by atoms with Crippen molar-refractivity contribution in [2.75, 3.05) is 20.1 Å². The summed E-state index contributed by atoms with van der Waals surface area (Å²) in [6.45, 7) is 1.32. The molecule has 0 saturated heterocycles. The Hall–Kier alpha value is -2.14. The van der Waals surface area contributed by atoms with Gasteiger partial charge >= 0.3 is 0 Å². The van der Waals surface area contributed by atoms with Crippen molar-refractivity contribution >= 4 is 5.91 Å². The van der Waals surface area contributed by atoms with Crippen LogP contribution in [-0.4, -0.2) is 35.8 Å². The molecule has 20 heavy (non-hydrogen) atoms. The summed E-state index contributed by atoms with van der Waals surface area (Å²) in [6.07, 6.45) is 3.19. The molecule has 0 atom stereocenters. The predicted molar refractivity (Wildman–Crippen MR) is 78.8 cm³/mol. The summed E-state index contributed by atoms with van der Waals surface area (Å²) in [5.74, 6) is 0.0712. The van der Waals surface area contributed by atoms with Crippen LogP contribution >= 0.6 is 0 Å². The van der Waals surface area contributed by atoms with Gasteiger partial charge in [-0.3, -0.25) is 4.79 Å². The maximum atomic E-state index is 11.4. The summed E-state index contributed by atoms with van der Waals surface area (Å²) in [4.78, 5) is 11.4. The molecule has 2 N–H and O–H groups in total. The van der Waals surface area contributed by atoms with Gasteiger partial charge in [0.15, 0.2) is 0 Å². The third-order valence-electron chi connectivity index (χ3n) is 2.97. The van der Waals surface area contributed by atoms with E-state index >= 15 is 0 Å². The molecule has 0 bridgehead atoms. The van der Waals surface area contributed by atoms with Crippen molar-refractivity contribution in [1.82, 2.24) is 20.4 Å². The SMILES string of the molecule is CNCCC(=O)NCCc1ccn(-c2ccccc2)n1. The third-order valence-corrected chi connectivity index (χ3v) is 2.97. The van der Waals surface area contributed by atoms with Crippen molar-refractivity contribution in [3.8, 4) is 5.69 Å². The molecule has 5 heteroatoms. The van der Waals surface area contributed by atoms with Gasteiger partial charge in [0.05, 0.1) is 11.4 Å². The number of amides is 1. The highest BCUT2D eigenvalue weighted by Crippen LogP contribution is 2.06. The third kappa shape index (κ3) is 4.20. The fourth-order valence-electron chi connectivity index (χ4n) is 1.88. The Morgan fingerprint density at radius 3 is 2.75 bits per heavy atom. The van der Waals surface area contributed by atoms with Crippen LogP contribution in [0.2, 0.25) is 0 Å². The summed E-state index contributed by atoms with van der Waals surface area (Å²) in [5.41, 5.74) is 2.01. The number of nitrogens with zero attached hydrogens (tertiary/aromatic N) is 2. The molecule has 1 heterocycles. The van der Waals surface area contributed by atoms with Gasteiger partial charge in [-0.05, 0) is 25.2 Å². The molecule has 0 saturated carbocycles. The average Bonchev–Trinajstić information content (AvgIpc) is 2.95. The number of carbonyl (C=O) groups is 1. The smallest absolute Gasteiger partial charge is 0.221 e. The predicted octanol–water partition coefficient (Wildman–Crippen LogP) is 1.14. The number of benzene rings is 1. The zero-order valence-corrected chi connectivity index (χ0v) is 11.7. The van der Waals surface area contributed by atoms with Crippen molar-refractivity contribution < 1.29 is 4.79 Å². The molecule has 0 aliphatic rings. The van der Waals surface area contributed by atoms with Gasteiger partial charge in [-0.1, -0.05) is 18.2 Å². The molecule has 106 valence electrons. The van der Waals surface area contributed by atoms with Crippen molar-refractivity contribution in [1.29, 1.82) is 0 Å². The Morgan fingerprint density at radius 2 is 2.00 bits per heavy atom. The topological polar surface area (TPSA) is 59.0 Å². The highest BCUT2D eigenvalue weighted by molar-refractivity contribution is 5.76. The number of rotatable bonds is 7. The summed E-state index contributed by atoms with van der Waals surface area (Å²) < 4.78 is 1.85. The minimum Gasteiger partial charge on any atom is -0.356 e. The highest BCUT2D eigenvalue weighted by atomic mass is 16.1. The molecule has 0 unspecified atom stereocenters. The monoisotopic (exact) mass is 272 g/mol. The van der Waals surface area contributed by atoms with Crippen LogP contribution in [0.5, 0.6) is 0 Å². The van der Waals surface area contributed by atoms with Crippen molar-refractivity contribution in [2.45, 2.75) is 12.8 Å². The molecule has 2 rings (SSSR count). The lowest BCUT2D eigenvalue weighted by Gasteiger charge is -2.03. The number of aromatic nitrogens is 2. The maximum Gasteiger partial charge on any atom is 0.221 e. The minimum absolute atomic E-state index is 0.0712. The van der Waals surface area contributed by atoms with E-state index in [0.717, 1.165) is 17.8 Å². The highest BCUT2D eigenvalue weighted by Gasteiger charge is 2.03. The number of nitrogens with one attached hydrogen (secondary N) is 2. The molecule has 1 amide bonds. The van der Waals surface area contributed by atoms with E-state index in [1.165, 1.54) is 0 Å². The summed E-state index contributed by atoms with van der Waals surface area (Å²) in [6, 6.07) is 11.9. The summed E-state index contributed by atoms with van der Waals surface area (Å²) in [7, 11) is 1.84. The molecular weight excluding hydrogens is 252 g/mol. The molecule has 0 aliphatic heterocycles. The molecule has 0 fully saturated rings. The number of para-hydroxylation sites is 1. The van der Waals surface area contributed by atoms with E-state index in [-0.39, 0.29) is 5.91 Å². The van der Waals surface area contributed by atoms with Crippen LogP contribution in [0.15, 0.2) is 42.6 Å². The second-order valence-corrected chi connectivity index (χ2v) is 4.54. The quantitative estimate of drug-likeness (QED) is 0.794. The Balaban J connectivity index is 1.80. The van der Waals surface area contributed by atoms with Crippen molar-refractivity contribution in [3.63, 3.8) is 0 Å². The Morgan fingerprint density at radius 1 is 1.20 bits per heavy atom. The number of hydrogen-bond acceptors (Lipinski definition) is 3. The van der Waals surface area contributed by atoms with Crippen LogP contribution in [0.1, 0.15) is 12.1 Å². The first kappa shape index (κ1) is 14.3. The summed E-state index contributed by atoms with van der Waals surface area (Å²) in [5, 5.41) is 10.3. The lowest BCUT2D eigenvalue weighted by atomic mass is 10.3. The van der Waals surface area contributed by atoms with Crippen LogP contribution < -0.4 is 10.6 Å². The van der Waals surface area contributed by atoms with Gasteiger partial charge in [0.25, 0.3) is 0 Å². The van der Waals surface area contributed by atoms with E-state index in [1.807, 2.05) is 54.3 Å². The molecule has 0 spiro atoms. The van der Waals surface area contributed by atoms with Gasteiger partial charge in [0.1, 0.15) is 0 Å². The molecule has 1 aromatic heterocycles. The second kappa shape index (κ2) is 7.45. The van der Waals surface area contributed by atoms with Crippen LogP contribution in [0.25, 0.3) is 5.69 Å². The zero-order chi connectivity index (χ0) is 14.2. The van der Waals surface area contributed by atoms with E-state index in [9.17, 15) is 4.79 Å². The van der Waals surface area contributed by atoms with Crippen LogP contribution in [0.4, 0.5) is 0 Å². The van der Waals surface area contributed by atoms with Gasteiger partial charge in [0.2, 0.25) is 5.91 Å². The van der Waals surface area contributed by atoms with E-state index < -0.39 is 0 Å². The van der Waals surface area contributed by atoms with E-state index in [1.54, 1.807) is 0 Å². The summed E-state index contributed by atoms with van der Waals surface area (Å²) >= 11 is 0. The normalized spacial score (nSPS) is 10.4. The number of carbonyl (C=O) groups excluding carboxylic acids is 1. The average molecular weight is 272 g/mol. The van der Waals surface area contributed by atoms with Gasteiger partial charge in [-0.2, -0.15) is 5.10 Å². The van der Waals surface area contributed by atoms with Crippen LogP contribution in [0.3, 0.4) is 0 Å². The first-order valence-electron chi connectivity index (χ1n) is 6.81. The standard InChI is InChI=1S/C15H20N4O/c1-16-10-8-15(20)17-11-7-13-9-12-19(18-13)14-5-3-2-4-6-14/h2-6,9,12,16H,7-8,10-11H2,1H3,(H,17,20). The molecule has 5 nitrogen and oxygen atoms in total. The van der Waals surface area contributed by atoms with E-state index in [0.29, 0.717) is 19.5 Å². The molecule has 1 aromatic carbocycles. The molecular formula is C15H20N4O. The van der Waals surface area contributed by atoms with Crippen molar-refractivity contribution in [2.24, 2.45) is 0 Å². The first-order chi connectivity index (χ1) is 9.79. The lowest BCUT2D eigenvalue weighted by Crippen LogP contribution is -2.28. The van der Waals surface area contributed by atoms with Gasteiger partial charge in [-0.25, -0.2) is 4.68 Å². The van der Waals surface area contributed by atoms with E-state index in [4.69, 9.17) is 0 Å². The van der Waals surface area contributed by atoms with Crippen LogP contribution in [0, 0.1) is 0 Å².